The molecule has 0 saturated carbocycles. The quantitative estimate of drug-likeness (QED) is 0.574. The maximum absolute atomic E-state index is 4.14. The van der Waals surface area contributed by atoms with E-state index in [4.69, 9.17) is 0 Å². The Hall–Kier alpha value is 0.376. The summed E-state index contributed by atoms with van der Waals surface area (Å²) in [5.74, 6) is 2.04. The first-order valence-corrected chi connectivity index (χ1v) is 4.31. The second-order valence-electron chi connectivity index (χ2n) is 2.95. The van der Waals surface area contributed by atoms with Crippen molar-refractivity contribution in [2.45, 2.75) is 33.6 Å². The molecule has 0 heterocycles. The van der Waals surface area contributed by atoms with Crippen molar-refractivity contribution in [2.75, 3.05) is 0 Å². The molecule has 10 heavy (non-hydrogen) atoms. The molecule has 0 N–H and O–H groups in total. The van der Waals surface area contributed by atoms with Crippen LogP contribution in [0, 0.1) is 18.3 Å². The van der Waals surface area contributed by atoms with Gasteiger partial charge in [-0.1, -0.05) is 0 Å². The van der Waals surface area contributed by atoms with Crippen LogP contribution in [0.3, 0.4) is 0 Å². The molecule has 0 aromatic rings. The van der Waals surface area contributed by atoms with Crippen LogP contribution in [0.1, 0.15) is 33.6 Å². The van der Waals surface area contributed by atoms with Crippen molar-refractivity contribution < 1.29 is 15.3 Å². The zero-order valence-corrected chi connectivity index (χ0v) is 8.02. The third kappa shape index (κ3) is 6.50. The standard InChI is InChI=1S/C9H16.Co/c1-8(2)6-5-7-9(3)4;/h1,7-8H,5-6H2,2-4H3;/q-2;. The van der Waals surface area contributed by atoms with E-state index in [-0.39, 0.29) is 0 Å². The summed E-state index contributed by atoms with van der Waals surface area (Å²) in [7, 11) is 0. The van der Waals surface area contributed by atoms with E-state index in [2.05, 4.69) is 42.5 Å². The number of rotatable bonds is 5. The van der Waals surface area contributed by atoms with Crippen molar-refractivity contribution in [1.29, 1.82) is 0 Å². The molecule has 0 aromatic carbocycles. The molecule has 1 atom stereocenters. The molecule has 0 aromatic heterocycles. The van der Waals surface area contributed by atoms with Crippen LogP contribution in [0.15, 0.2) is 0 Å². The van der Waals surface area contributed by atoms with Gasteiger partial charge in [-0.15, -0.1) is 0 Å². The Labute approximate surface area is 72.5 Å². The summed E-state index contributed by atoms with van der Waals surface area (Å²) < 4.78 is 0. The Bertz CT molecular complexity index is 86.7. The van der Waals surface area contributed by atoms with Gasteiger partial charge in [-0.05, 0) is 0 Å². The van der Waals surface area contributed by atoms with Gasteiger partial charge in [0.15, 0.2) is 0 Å². The third-order valence-corrected chi connectivity index (χ3v) is 1.96. The predicted molar refractivity (Wildman–Crippen MR) is 43.4 cm³/mol. The average molecular weight is 183 g/mol. The van der Waals surface area contributed by atoms with Gasteiger partial charge in [0.05, 0.1) is 0 Å². The molecule has 0 bridgehead atoms. The topological polar surface area (TPSA) is 0 Å². The maximum atomic E-state index is 4.14. The van der Waals surface area contributed by atoms with Gasteiger partial charge in [0.2, 0.25) is 0 Å². The normalized spacial score (nSPS) is 13.7. The first kappa shape index (κ1) is 10.4. The predicted octanol–water partition coefficient (Wildman–Crippen LogP) is 2.57. The van der Waals surface area contributed by atoms with Crippen LogP contribution in [0.2, 0.25) is 0 Å². The van der Waals surface area contributed by atoms with E-state index in [0.29, 0.717) is 5.92 Å². The first-order chi connectivity index (χ1) is 4.66. The van der Waals surface area contributed by atoms with Gasteiger partial charge < -0.3 is 0 Å². The molecule has 0 aliphatic rings. The van der Waals surface area contributed by atoms with Crippen molar-refractivity contribution in [3.8, 4) is 0 Å². The molecule has 0 spiro atoms. The van der Waals surface area contributed by atoms with Gasteiger partial charge in [0.1, 0.15) is 0 Å². The van der Waals surface area contributed by atoms with Crippen LogP contribution in [-0.2, 0) is 15.3 Å². The van der Waals surface area contributed by atoms with Gasteiger partial charge >= 0.3 is 72.1 Å². The van der Waals surface area contributed by atoms with E-state index in [1.165, 1.54) is 18.8 Å². The fourth-order valence-corrected chi connectivity index (χ4v) is 0.864. The van der Waals surface area contributed by atoms with Gasteiger partial charge in [-0.2, -0.15) is 0 Å². The Morgan fingerprint density at radius 2 is 2.20 bits per heavy atom. The van der Waals surface area contributed by atoms with E-state index in [1.54, 1.807) is 0 Å². The monoisotopic (exact) mass is 183 g/mol. The van der Waals surface area contributed by atoms with Crippen LogP contribution in [0.4, 0.5) is 0 Å². The summed E-state index contributed by atoms with van der Waals surface area (Å²) in [5, 5.41) is 0. The molecule has 0 saturated heterocycles. The molecule has 0 aliphatic carbocycles. The van der Waals surface area contributed by atoms with Gasteiger partial charge in [-0.25, -0.2) is 0 Å². The summed E-state index contributed by atoms with van der Waals surface area (Å²) >= 11 is 4.14. The van der Waals surface area contributed by atoms with Crippen molar-refractivity contribution in [2.24, 2.45) is 5.92 Å². The molecular weight excluding hydrogens is 167 g/mol. The average Bonchev–Trinajstić information content (AvgIpc) is 1.87. The van der Waals surface area contributed by atoms with E-state index >= 15 is 0 Å². The Balaban J connectivity index is 3.11. The fourth-order valence-electron chi connectivity index (χ4n) is 0.690. The number of hydrogen-bond acceptors (Lipinski definition) is 0. The van der Waals surface area contributed by atoms with E-state index in [1.807, 2.05) is 4.96 Å². The minimum atomic E-state index is 0.635. The molecule has 1 unspecified atom stereocenters. The van der Waals surface area contributed by atoms with Crippen molar-refractivity contribution in [1.82, 2.24) is 0 Å². The molecule has 1 heteroatoms. The molecule has 0 radical (unpaired) electrons. The Morgan fingerprint density at radius 3 is 2.60 bits per heavy atom. The van der Waals surface area contributed by atoms with Crippen LogP contribution in [-0.4, -0.2) is 4.96 Å². The first-order valence-electron chi connectivity index (χ1n) is 3.71. The summed E-state index contributed by atoms with van der Waals surface area (Å²) in [5.41, 5.74) is 0. The van der Waals surface area contributed by atoms with Crippen molar-refractivity contribution in [3.63, 3.8) is 0 Å². The molecular formula is C9H16Co-2. The van der Waals surface area contributed by atoms with Gasteiger partial charge in [0, 0.05) is 0 Å². The molecule has 0 amide bonds. The molecule has 63 valence electrons. The second-order valence-corrected chi connectivity index (χ2v) is 3.29. The third-order valence-electron chi connectivity index (χ3n) is 1.36. The molecule has 0 rings (SSSR count). The molecule has 0 fully saturated rings. The van der Waals surface area contributed by atoms with Crippen LogP contribution in [0.25, 0.3) is 0 Å². The zero-order valence-electron chi connectivity index (χ0n) is 6.98. The van der Waals surface area contributed by atoms with Crippen molar-refractivity contribution >= 4 is 4.96 Å². The van der Waals surface area contributed by atoms with Crippen molar-refractivity contribution in [3.05, 3.63) is 12.3 Å². The SMILES string of the molecule is C[C-](C)[CH-]CCC(C)[CH]=[Co]. The summed E-state index contributed by atoms with van der Waals surface area (Å²) in [4.78, 5) is 1.95. The summed E-state index contributed by atoms with van der Waals surface area (Å²) in [6.07, 6.45) is 4.67. The van der Waals surface area contributed by atoms with E-state index < -0.39 is 0 Å². The second kappa shape index (κ2) is 6.11. The summed E-state index contributed by atoms with van der Waals surface area (Å²) in [6.45, 7) is 6.45. The van der Waals surface area contributed by atoms with Crippen LogP contribution >= 0.6 is 0 Å². The van der Waals surface area contributed by atoms with E-state index in [0.717, 1.165) is 0 Å². The van der Waals surface area contributed by atoms with E-state index in [9.17, 15) is 0 Å². The van der Waals surface area contributed by atoms with Crippen LogP contribution < -0.4 is 0 Å². The molecule has 0 nitrogen and oxygen atoms in total. The zero-order chi connectivity index (χ0) is 7.98. The number of hydrogen-bond donors (Lipinski definition) is 0. The Kier molecular flexibility index (Phi) is 6.34. The summed E-state index contributed by atoms with van der Waals surface area (Å²) in [6, 6.07) is 0. The minimum absolute atomic E-state index is 0.635. The van der Waals surface area contributed by atoms with Crippen LogP contribution in [0.5, 0.6) is 0 Å². The Morgan fingerprint density at radius 1 is 1.60 bits per heavy atom. The van der Waals surface area contributed by atoms with Gasteiger partial charge in [-0.3, -0.25) is 0 Å². The van der Waals surface area contributed by atoms with Gasteiger partial charge in [0.25, 0.3) is 0 Å². The fraction of sp³-hybridized carbons (Fsp3) is 0.667. The molecule has 0 aliphatic heterocycles.